The smallest absolute Gasteiger partial charge is 0.254 e. The molecule has 1 N–H and O–H groups in total. The molecular weight excluding hydrogens is 321 g/mol. The van der Waals surface area contributed by atoms with E-state index in [1.165, 1.54) is 18.3 Å². The molecule has 0 radical (unpaired) electrons. The summed E-state index contributed by atoms with van der Waals surface area (Å²) in [5, 5.41) is 6.74. The lowest BCUT2D eigenvalue weighted by Crippen LogP contribution is -2.26. The number of carbonyl (C=O) groups excluding carboxylic acids is 1. The number of sulfone groups is 1. The minimum absolute atomic E-state index is 0.329. The Labute approximate surface area is 134 Å². The largest absolute Gasteiger partial charge is 0.345 e. The van der Waals surface area contributed by atoms with Gasteiger partial charge in [0.05, 0.1) is 17.8 Å². The van der Waals surface area contributed by atoms with Crippen molar-refractivity contribution in [3.05, 3.63) is 47.5 Å². The summed E-state index contributed by atoms with van der Waals surface area (Å²) in [6.07, 6.45) is 4.02. The first-order chi connectivity index (χ1) is 10.7. The van der Waals surface area contributed by atoms with Crippen LogP contribution < -0.4 is 5.32 Å². The predicted molar refractivity (Wildman–Crippen MR) is 83.3 cm³/mol. The van der Waals surface area contributed by atoms with E-state index in [1.807, 2.05) is 6.92 Å². The van der Waals surface area contributed by atoms with Gasteiger partial charge >= 0.3 is 0 Å². The van der Waals surface area contributed by atoms with E-state index in [9.17, 15) is 17.6 Å². The highest BCUT2D eigenvalue weighted by atomic mass is 32.2. The average Bonchev–Trinajstić information content (AvgIpc) is 2.94. The summed E-state index contributed by atoms with van der Waals surface area (Å²) in [6, 6.07) is 3.34. The fourth-order valence-corrected chi connectivity index (χ4v) is 2.83. The van der Waals surface area contributed by atoms with Crippen LogP contribution in [-0.4, -0.2) is 30.4 Å². The SMILES string of the molecule is CCn1cc(C(=O)NC(C)c2ccc(S(C)(=O)=O)c(F)c2)cn1. The van der Waals surface area contributed by atoms with Crippen LogP contribution in [0.3, 0.4) is 0 Å². The zero-order valence-electron chi connectivity index (χ0n) is 13.1. The lowest BCUT2D eigenvalue weighted by atomic mass is 10.1. The maximum atomic E-state index is 13.9. The van der Waals surface area contributed by atoms with Gasteiger partial charge < -0.3 is 5.32 Å². The summed E-state index contributed by atoms with van der Waals surface area (Å²) < 4.78 is 38.4. The number of nitrogens with zero attached hydrogens (tertiary/aromatic N) is 2. The van der Waals surface area contributed by atoms with Crippen LogP contribution in [0.2, 0.25) is 0 Å². The summed E-state index contributed by atoms with van der Waals surface area (Å²) in [5.41, 5.74) is 0.887. The van der Waals surface area contributed by atoms with Gasteiger partial charge in [0.1, 0.15) is 10.7 Å². The third-order valence-corrected chi connectivity index (χ3v) is 4.55. The Bertz CT molecular complexity index is 830. The molecule has 1 unspecified atom stereocenters. The number of rotatable bonds is 5. The molecule has 0 aliphatic carbocycles. The van der Waals surface area contributed by atoms with Gasteiger partial charge in [0.2, 0.25) is 0 Å². The van der Waals surface area contributed by atoms with E-state index in [1.54, 1.807) is 17.8 Å². The molecule has 1 heterocycles. The number of halogens is 1. The molecular formula is C15H18FN3O3S. The molecule has 0 aliphatic rings. The van der Waals surface area contributed by atoms with Crippen LogP contribution in [0.15, 0.2) is 35.5 Å². The Morgan fingerprint density at radius 2 is 2.13 bits per heavy atom. The van der Waals surface area contributed by atoms with Gasteiger partial charge in [0.25, 0.3) is 5.91 Å². The number of hydrogen-bond donors (Lipinski definition) is 1. The van der Waals surface area contributed by atoms with Crippen LogP contribution in [0.1, 0.15) is 35.8 Å². The maximum Gasteiger partial charge on any atom is 0.254 e. The Hall–Kier alpha value is -2.22. The van der Waals surface area contributed by atoms with E-state index in [0.29, 0.717) is 17.7 Å². The quantitative estimate of drug-likeness (QED) is 0.902. The topological polar surface area (TPSA) is 81.1 Å². The predicted octanol–water partition coefficient (Wildman–Crippen LogP) is 1.94. The fourth-order valence-electron chi connectivity index (χ4n) is 2.10. The lowest BCUT2D eigenvalue weighted by molar-refractivity contribution is 0.0939. The standard InChI is InChI=1S/C15H18FN3O3S/c1-4-19-9-12(8-17-19)15(20)18-10(2)11-5-6-14(13(16)7-11)23(3,21)22/h5-10H,4H2,1-3H3,(H,18,20). The zero-order chi connectivity index (χ0) is 17.2. The van der Waals surface area contributed by atoms with Gasteiger partial charge in [-0.1, -0.05) is 6.07 Å². The Morgan fingerprint density at radius 1 is 1.43 bits per heavy atom. The molecule has 1 aromatic heterocycles. The highest BCUT2D eigenvalue weighted by Crippen LogP contribution is 2.20. The Balaban J connectivity index is 2.16. The van der Waals surface area contributed by atoms with Gasteiger partial charge in [-0.05, 0) is 31.5 Å². The fraction of sp³-hybridized carbons (Fsp3) is 0.333. The molecule has 0 fully saturated rings. The van der Waals surface area contributed by atoms with Crippen molar-refractivity contribution in [3.63, 3.8) is 0 Å². The first-order valence-corrected chi connectivity index (χ1v) is 8.94. The highest BCUT2D eigenvalue weighted by molar-refractivity contribution is 7.90. The number of aryl methyl sites for hydroxylation is 1. The van der Waals surface area contributed by atoms with Crippen LogP contribution in [0, 0.1) is 5.82 Å². The van der Waals surface area contributed by atoms with Crippen molar-refractivity contribution in [2.75, 3.05) is 6.26 Å². The summed E-state index contributed by atoms with van der Waals surface area (Å²) >= 11 is 0. The van der Waals surface area contributed by atoms with Gasteiger partial charge in [-0.3, -0.25) is 9.48 Å². The molecule has 2 rings (SSSR count). The molecule has 0 saturated carbocycles. The van der Waals surface area contributed by atoms with Crippen LogP contribution >= 0.6 is 0 Å². The molecule has 1 aromatic carbocycles. The second-order valence-electron chi connectivity index (χ2n) is 5.24. The van der Waals surface area contributed by atoms with Crippen molar-refractivity contribution < 1.29 is 17.6 Å². The van der Waals surface area contributed by atoms with Crippen molar-refractivity contribution in [3.8, 4) is 0 Å². The molecule has 0 bridgehead atoms. The summed E-state index contributed by atoms with van der Waals surface area (Å²) in [5.74, 6) is -1.16. The van der Waals surface area contributed by atoms with E-state index in [0.717, 1.165) is 12.3 Å². The number of nitrogens with one attached hydrogen (secondary N) is 1. The molecule has 1 atom stereocenters. The molecule has 0 aliphatic heterocycles. The number of benzene rings is 1. The van der Waals surface area contributed by atoms with E-state index in [4.69, 9.17) is 0 Å². The van der Waals surface area contributed by atoms with Gasteiger partial charge in [-0.15, -0.1) is 0 Å². The lowest BCUT2D eigenvalue weighted by Gasteiger charge is -2.14. The number of hydrogen-bond acceptors (Lipinski definition) is 4. The van der Waals surface area contributed by atoms with Crippen molar-refractivity contribution in [2.24, 2.45) is 0 Å². The van der Waals surface area contributed by atoms with Gasteiger partial charge in [0, 0.05) is 19.0 Å². The van der Waals surface area contributed by atoms with Crippen molar-refractivity contribution in [2.45, 2.75) is 31.3 Å². The van der Waals surface area contributed by atoms with Crippen molar-refractivity contribution in [1.82, 2.24) is 15.1 Å². The van der Waals surface area contributed by atoms with Crippen LogP contribution in [0.5, 0.6) is 0 Å². The number of amides is 1. The normalized spacial score (nSPS) is 12.9. The van der Waals surface area contributed by atoms with Crippen molar-refractivity contribution in [1.29, 1.82) is 0 Å². The molecule has 23 heavy (non-hydrogen) atoms. The minimum atomic E-state index is -3.62. The average molecular weight is 339 g/mol. The van der Waals surface area contributed by atoms with Gasteiger partial charge in [0.15, 0.2) is 9.84 Å². The Kier molecular flexibility index (Phi) is 4.84. The molecule has 1 amide bonds. The van der Waals surface area contributed by atoms with Crippen molar-refractivity contribution >= 4 is 15.7 Å². The van der Waals surface area contributed by atoms with Gasteiger partial charge in [-0.2, -0.15) is 5.10 Å². The monoisotopic (exact) mass is 339 g/mol. The molecule has 0 saturated heterocycles. The molecule has 8 heteroatoms. The summed E-state index contributed by atoms with van der Waals surface area (Å²) in [7, 11) is -3.62. The highest BCUT2D eigenvalue weighted by Gasteiger charge is 2.17. The second-order valence-corrected chi connectivity index (χ2v) is 7.23. The van der Waals surface area contributed by atoms with Crippen LogP contribution in [-0.2, 0) is 16.4 Å². The van der Waals surface area contributed by atoms with E-state index in [2.05, 4.69) is 10.4 Å². The van der Waals surface area contributed by atoms with E-state index in [-0.39, 0.29) is 10.8 Å². The van der Waals surface area contributed by atoms with E-state index >= 15 is 0 Å². The molecule has 6 nitrogen and oxygen atoms in total. The maximum absolute atomic E-state index is 13.9. The molecule has 0 spiro atoms. The molecule has 2 aromatic rings. The van der Waals surface area contributed by atoms with Crippen LogP contribution in [0.4, 0.5) is 4.39 Å². The third-order valence-electron chi connectivity index (χ3n) is 3.42. The summed E-state index contributed by atoms with van der Waals surface area (Å²) in [4.78, 5) is 11.8. The molecule has 124 valence electrons. The first kappa shape index (κ1) is 17.1. The number of carbonyl (C=O) groups is 1. The Morgan fingerprint density at radius 3 is 2.65 bits per heavy atom. The van der Waals surface area contributed by atoms with Gasteiger partial charge in [-0.25, -0.2) is 12.8 Å². The third kappa shape index (κ3) is 3.95. The minimum Gasteiger partial charge on any atom is -0.345 e. The first-order valence-electron chi connectivity index (χ1n) is 7.05. The zero-order valence-corrected chi connectivity index (χ0v) is 13.9. The number of aromatic nitrogens is 2. The van der Waals surface area contributed by atoms with Crippen LogP contribution in [0.25, 0.3) is 0 Å². The summed E-state index contributed by atoms with van der Waals surface area (Å²) in [6.45, 7) is 4.25. The second kappa shape index (κ2) is 6.49. The van der Waals surface area contributed by atoms with E-state index < -0.39 is 21.7 Å².